The maximum atomic E-state index is 11.1. The molecule has 0 atom stereocenters. The van der Waals surface area contributed by atoms with E-state index in [2.05, 4.69) is 4.74 Å². The monoisotopic (exact) mass is 180 g/mol. The second-order valence-corrected chi connectivity index (χ2v) is 2.95. The summed E-state index contributed by atoms with van der Waals surface area (Å²) >= 11 is 0. The summed E-state index contributed by atoms with van der Waals surface area (Å²) in [7, 11) is 1.29. The van der Waals surface area contributed by atoms with E-state index in [0.717, 1.165) is 11.1 Å². The molecule has 0 aliphatic heterocycles. The third-order valence-corrected chi connectivity index (χ3v) is 2.02. The first-order valence-electron chi connectivity index (χ1n) is 3.94. The van der Waals surface area contributed by atoms with Gasteiger partial charge in [-0.05, 0) is 37.1 Å². The molecule has 1 aromatic carbocycles. The molecule has 0 heterocycles. The molecular formula is C10H12O3. The highest BCUT2D eigenvalue weighted by Crippen LogP contribution is 2.22. The van der Waals surface area contributed by atoms with Gasteiger partial charge in [0, 0.05) is 0 Å². The molecule has 0 spiro atoms. The zero-order valence-electron chi connectivity index (χ0n) is 7.92. The summed E-state index contributed by atoms with van der Waals surface area (Å²) in [5.74, 6) is -0.546. The number of hydrogen-bond donors (Lipinski definition) is 1. The third-order valence-electron chi connectivity index (χ3n) is 2.02. The van der Waals surface area contributed by atoms with Gasteiger partial charge in [0.05, 0.1) is 7.11 Å². The van der Waals surface area contributed by atoms with Crippen molar-refractivity contribution in [2.24, 2.45) is 0 Å². The molecule has 0 aliphatic rings. The first-order valence-corrected chi connectivity index (χ1v) is 3.94. The first kappa shape index (κ1) is 9.58. The van der Waals surface area contributed by atoms with Crippen molar-refractivity contribution in [1.82, 2.24) is 0 Å². The van der Waals surface area contributed by atoms with Crippen LogP contribution in [0, 0.1) is 13.8 Å². The number of rotatable bonds is 1. The second-order valence-electron chi connectivity index (χ2n) is 2.95. The number of ether oxygens (including phenoxy) is 1. The van der Waals surface area contributed by atoms with Gasteiger partial charge in [0.25, 0.3) is 0 Å². The Bertz CT molecular complexity index is 342. The van der Waals surface area contributed by atoms with Gasteiger partial charge >= 0.3 is 5.97 Å². The second kappa shape index (κ2) is 3.47. The van der Waals surface area contributed by atoms with Crippen LogP contribution < -0.4 is 0 Å². The van der Waals surface area contributed by atoms with Crippen molar-refractivity contribution in [2.45, 2.75) is 13.8 Å². The van der Waals surface area contributed by atoms with Crippen LogP contribution in [0.5, 0.6) is 5.75 Å². The van der Waals surface area contributed by atoms with E-state index in [4.69, 9.17) is 0 Å². The summed E-state index contributed by atoms with van der Waals surface area (Å²) in [6, 6.07) is 3.18. The van der Waals surface area contributed by atoms with E-state index in [9.17, 15) is 9.90 Å². The van der Waals surface area contributed by atoms with Crippen LogP contribution in [0.1, 0.15) is 21.5 Å². The van der Waals surface area contributed by atoms with Crippen molar-refractivity contribution >= 4 is 5.97 Å². The Morgan fingerprint density at radius 2 is 1.85 bits per heavy atom. The molecule has 0 bridgehead atoms. The van der Waals surface area contributed by atoms with Crippen LogP contribution >= 0.6 is 0 Å². The number of hydrogen-bond acceptors (Lipinski definition) is 3. The Morgan fingerprint density at radius 1 is 1.31 bits per heavy atom. The molecule has 70 valence electrons. The zero-order chi connectivity index (χ0) is 10.0. The molecule has 0 aliphatic carbocycles. The SMILES string of the molecule is COC(=O)c1cc(C)c(C)cc1O. The topological polar surface area (TPSA) is 46.5 Å². The molecule has 13 heavy (non-hydrogen) atoms. The summed E-state index contributed by atoms with van der Waals surface area (Å²) in [5.41, 5.74) is 2.12. The number of phenols is 1. The van der Waals surface area contributed by atoms with Crippen LogP contribution in [0.15, 0.2) is 12.1 Å². The smallest absolute Gasteiger partial charge is 0.341 e. The van der Waals surface area contributed by atoms with Crippen LogP contribution in [-0.2, 0) is 4.74 Å². The highest BCUT2D eigenvalue weighted by Gasteiger charge is 2.12. The van der Waals surface area contributed by atoms with E-state index in [0.29, 0.717) is 0 Å². The van der Waals surface area contributed by atoms with Gasteiger partial charge in [-0.1, -0.05) is 0 Å². The normalized spacial score (nSPS) is 9.77. The van der Waals surface area contributed by atoms with E-state index in [-0.39, 0.29) is 11.3 Å². The molecular weight excluding hydrogens is 168 g/mol. The van der Waals surface area contributed by atoms with E-state index in [1.54, 1.807) is 12.1 Å². The molecule has 1 aromatic rings. The van der Waals surface area contributed by atoms with Crippen LogP contribution in [0.2, 0.25) is 0 Å². The predicted molar refractivity (Wildman–Crippen MR) is 48.9 cm³/mol. The quantitative estimate of drug-likeness (QED) is 0.670. The lowest BCUT2D eigenvalue weighted by atomic mass is 10.1. The van der Waals surface area contributed by atoms with E-state index in [1.807, 2.05) is 13.8 Å². The predicted octanol–water partition coefficient (Wildman–Crippen LogP) is 1.80. The number of carbonyl (C=O) groups excluding carboxylic acids is 1. The van der Waals surface area contributed by atoms with Crippen molar-refractivity contribution < 1.29 is 14.6 Å². The summed E-state index contributed by atoms with van der Waals surface area (Å²) in [5, 5.41) is 9.42. The molecule has 0 aromatic heterocycles. The first-order chi connectivity index (χ1) is 6.06. The number of methoxy groups -OCH3 is 1. The Balaban J connectivity index is 3.23. The molecule has 0 saturated carbocycles. The average molecular weight is 180 g/mol. The van der Waals surface area contributed by atoms with Gasteiger partial charge < -0.3 is 9.84 Å². The van der Waals surface area contributed by atoms with Gasteiger partial charge in [0.2, 0.25) is 0 Å². The standard InChI is InChI=1S/C10H12O3/c1-6-4-8(10(12)13-3)9(11)5-7(6)2/h4-5,11H,1-3H3. The summed E-state index contributed by atoms with van der Waals surface area (Å²) in [6.45, 7) is 3.75. The molecule has 1 rings (SSSR count). The molecule has 0 radical (unpaired) electrons. The lowest BCUT2D eigenvalue weighted by molar-refractivity contribution is 0.0597. The molecule has 3 nitrogen and oxygen atoms in total. The zero-order valence-corrected chi connectivity index (χ0v) is 7.92. The summed E-state index contributed by atoms with van der Waals surface area (Å²) in [4.78, 5) is 11.1. The van der Waals surface area contributed by atoms with E-state index < -0.39 is 5.97 Å². The molecule has 1 N–H and O–H groups in total. The largest absolute Gasteiger partial charge is 0.507 e. The molecule has 0 saturated heterocycles. The molecule has 0 fully saturated rings. The van der Waals surface area contributed by atoms with Crippen molar-refractivity contribution in [3.8, 4) is 5.75 Å². The lowest BCUT2D eigenvalue weighted by Crippen LogP contribution is -2.02. The fourth-order valence-corrected chi connectivity index (χ4v) is 1.07. The van der Waals surface area contributed by atoms with Gasteiger partial charge in [-0.15, -0.1) is 0 Å². The lowest BCUT2D eigenvalue weighted by Gasteiger charge is -2.06. The van der Waals surface area contributed by atoms with Crippen LogP contribution in [0.3, 0.4) is 0 Å². The van der Waals surface area contributed by atoms with Crippen LogP contribution in [0.25, 0.3) is 0 Å². The van der Waals surface area contributed by atoms with Crippen molar-refractivity contribution in [1.29, 1.82) is 0 Å². The average Bonchev–Trinajstić information content (AvgIpc) is 2.10. The van der Waals surface area contributed by atoms with Crippen molar-refractivity contribution in [2.75, 3.05) is 7.11 Å². The number of carbonyl (C=O) groups is 1. The minimum Gasteiger partial charge on any atom is -0.507 e. The fraction of sp³-hybridized carbons (Fsp3) is 0.300. The van der Waals surface area contributed by atoms with Gasteiger partial charge in [-0.25, -0.2) is 4.79 Å². The van der Waals surface area contributed by atoms with Crippen molar-refractivity contribution in [3.63, 3.8) is 0 Å². The summed E-state index contributed by atoms with van der Waals surface area (Å²) < 4.78 is 4.51. The maximum absolute atomic E-state index is 11.1. The van der Waals surface area contributed by atoms with E-state index in [1.165, 1.54) is 7.11 Å². The number of esters is 1. The van der Waals surface area contributed by atoms with Gasteiger partial charge in [0.15, 0.2) is 0 Å². The van der Waals surface area contributed by atoms with Crippen LogP contribution in [-0.4, -0.2) is 18.2 Å². The minimum atomic E-state index is -0.513. The fourth-order valence-electron chi connectivity index (χ4n) is 1.07. The maximum Gasteiger partial charge on any atom is 0.341 e. The molecule has 0 unspecified atom stereocenters. The van der Waals surface area contributed by atoms with Gasteiger partial charge in [-0.3, -0.25) is 0 Å². The van der Waals surface area contributed by atoms with E-state index >= 15 is 0 Å². The Morgan fingerprint density at radius 3 is 2.38 bits per heavy atom. The van der Waals surface area contributed by atoms with Gasteiger partial charge in [0.1, 0.15) is 11.3 Å². The van der Waals surface area contributed by atoms with Gasteiger partial charge in [-0.2, -0.15) is 0 Å². The summed E-state index contributed by atoms with van der Waals surface area (Å²) in [6.07, 6.45) is 0. The highest BCUT2D eigenvalue weighted by atomic mass is 16.5. The number of aryl methyl sites for hydroxylation is 2. The third kappa shape index (κ3) is 1.80. The molecule has 0 amide bonds. The number of aromatic hydroxyl groups is 1. The number of phenolic OH excluding ortho intramolecular Hbond substituents is 1. The van der Waals surface area contributed by atoms with Crippen LogP contribution in [0.4, 0.5) is 0 Å². The highest BCUT2D eigenvalue weighted by molar-refractivity contribution is 5.92. The number of benzene rings is 1. The minimum absolute atomic E-state index is 0.0325. The Labute approximate surface area is 77.0 Å². The Kier molecular flexibility index (Phi) is 2.56. The van der Waals surface area contributed by atoms with Crippen molar-refractivity contribution in [3.05, 3.63) is 28.8 Å². The Hall–Kier alpha value is -1.51. The molecule has 3 heteroatoms.